The molecule has 1 aromatic carbocycles. The van der Waals surface area contributed by atoms with Crippen LogP contribution in [0, 0.1) is 0 Å². The molecule has 154 valence electrons. The van der Waals surface area contributed by atoms with Crippen LogP contribution in [0.25, 0.3) is 0 Å². The number of phenolic OH excluding ortho intramolecular Hbond substituents is 1. The van der Waals surface area contributed by atoms with Crippen LogP contribution < -0.4 is 5.32 Å². The van der Waals surface area contributed by atoms with Crippen LogP contribution >= 0.6 is 0 Å². The fraction of sp³-hybridized carbons (Fsp3) is 0.278. The zero-order chi connectivity index (χ0) is 21.8. The second kappa shape index (κ2) is 8.63. The normalized spacial score (nSPS) is 19.4. The van der Waals surface area contributed by atoms with Gasteiger partial charge in [0.25, 0.3) is 0 Å². The molecule has 11 heteroatoms. The van der Waals surface area contributed by atoms with Gasteiger partial charge in [0.2, 0.25) is 17.9 Å². The third-order valence-electron chi connectivity index (χ3n) is 4.13. The molecule has 1 aliphatic heterocycles. The molecule has 29 heavy (non-hydrogen) atoms. The minimum Gasteiger partial charge on any atom is -0.508 e. The van der Waals surface area contributed by atoms with Gasteiger partial charge in [-0.1, -0.05) is 18.7 Å². The van der Waals surface area contributed by atoms with E-state index < -0.39 is 41.4 Å². The van der Waals surface area contributed by atoms with Crippen molar-refractivity contribution in [3.63, 3.8) is 0 Å². The van der Waals surface area contributed by atoms with Gasteiger partial charge in [-0.2, -0.15) is 0 Å². The van der Waals surface area contributed by atoms with Gasteiger partial charge in [-0.05, 0) is 17.7 Å². The van der Waals surface area contributed by atoms with E-state index in [1.165, 1.54) is 24.3 Å². The average Bonchev–Trinajstić information content (AvgIpc) is 2.68. The van der Waals surface area contributed by atoms with E-state index in [-0.39, 0.29) is 29.8 Å². The van der Waals surface area contributed by atoms with E-state index in [2.05, 4.69) is 16.9 Å². The van der Waals surface area contributed by atoms with Crippen LogP contribution in [0.2, 0.25) is 0 Å². The summed E-state index contributed by atoms with van der Waals surface area (Å²) in [4.78, 5) is 51.2. The fourth-order valence-corrected chi connectivity index (χ4v) is 2.61. The molecule has 0 saturated heterocycles. The first-order chi connectivity index (χ1) is 13.6. The van der Waals surface area contributed by atoms with Crippen LogP contribution in [0.1, 0.15) is 11.5 Å². The number of rotatable bonds is 8. The van der Waals surface area contributed by atoms with E-state index in [1.807, 2.05) is 0 Å². The lowest BCUT2D eigenvalue weighted by molar-refractivity contribution is -0.167. The highest BCUT2D eigenvalue weighted by Gasteiger charge is 2.46. The third kappa shape index (κ3) is 4.47. The third-order valence-corrected chi connectivity index (χ3v) is 4.13. The summed E-state index contributed by atoms with van der Waals surface area (Å²) in [7, 11) is 1.04. The Bertz CT molecular complexity index is 878. The first-order valence-corrected chi connectivity index (χ1v) is 8.11. The van der Waals surface area contributed by atoms with Crippen LogP contribution in [-0.2, 0) is 28.7 Å². The molecular formula is C18H18N2O9. The maximum atomic E-state index is 12.7. The van der Waals surface area contributed by atoms with Gasteiger partial charge in [0.05, 0.1) is 6.61 Å². The van der Waals surface area contributed by atoms with E-state index in [4.69, 9.17) is 9.47 Å². The van der Waals surface area contributed by atoms with Gasteiger partial charge in [-0.25, -0.2) is 9.79 Å². The summed E-state index contributed by atoms with van der Waals surface area (Å²) in [5, 5.41) is 30.1. The number of ether oxygens (including phenoxy) is 2. The summed E-state index contributed by atoms with van der Waals surface area (Å²) < 4.78 is 10.3. The molecule has 1 amide bonds. The van der Waals surface area contributed by atoms with Crippen molar-refractivity contribution >= 4 is 29.8 Å². The summed E-state index contributed by atoms with van der Waals surface area (Å²) in [6.07, 6.45) is -1.47. The molecule has 0 fully saturated rings. The molecule has 0 aliphatic carbocycles. The van der Waals surface area contributed by atoms with E-state index in [0.29, 0.717) is 0 Å². The number of carbonyl (C=O) groups excluding carboxylic acids is 2. The van der Waals surface area contributed by atoms with Gasteiger partial charge < -0.3 is 30.1 Å². The standard InChI is InChI=1S/C18H18N2O9/c1-9-7-29-17(19-13(9)16(26)27)18(8-21,28-2)20-14(23)12(15(24)25)10-3-5-11(22)6-4-10/h3-6,8,12,17,22H,1,7H2,2H3,(H,20,23)(H,24,25)(H,26,27)/t12-,17+,18-/m0/s1. The Morgan fingerprint density at radius 1 is 1.34 bits per heavy atom. The Kier molecular flexibility index (Phi) is 6.46. The highest BCUT2D eigenvalue weighted by Crippen LogP contribution is 2.24. The van der Waals surface area contributed by atoms with Crippen LogP contribution in [0.5, 0.6) is 5.75 Å². The summed E-state index contributed by atoms with van der Waals surface area (Å²) in [5.41, 5.74) is -2.68. The van der Waals surface area contributed by atoms with E-state index in [9.17, 15) is 34.5 Å². The van der Waals surface area contributed by atoms with E-state index in [0.717, 1.165) is 7.11 Å². The molecule has 0 unspecified atom stereocenters. The number of nitrogens with one attached hydrogen (secondary N) is 1. The molecule has 1 aromatic rings. The van der Waals surface area contributed by atoms with Crippen LogP contribution in [-0.4, -0.2) is 70.8 Å². The first kappa shape index (κ1) is 21.7. The van der Waals surface area contributed by atoms with Crippen LogP contribution in [0.4, 0.5) is 0 Å². The molecule has 1 heterocycles. The van der Waals surface area contributed by atoms with Gasteiger partial charge >= 0.3 is 11.9 Å². The summed E-state index contributed by atoms with van der Waals surface area (Å²) >= 11 is 0. The monoisotopic (exact) mass is 406 g/mol. The SMILES string of the molecule is C=C1CO[C@H]([C@@](C=O)(NC(=O)[C@@H](C(=O)O)c2ccc(O)cc2)OC)N=C1C(=O)O. The van der Waals surface area contributed by atoms with Crippen LogP contribution in [0.3, 0.4) is 0 Å². The molecule has 1 aliphatic rings. The predicted octanol–water partition coefficient (Wildman–Crippen LogP) is -0.344. The Hall–Kier alpha value is -3.57. The van der Waals surface area contributed by atoms with Crippen molar-refractivity contribution in [1.29, 1.82) is 0 Å². The number of phenols is 1. The van der Waals surface area contributed by atoms with Crippen molar-refractivity contribution < 1.29 is 44.0 Å². The summed E-state index contributed by atoms with van der Waals surface area (Å²) in [5.74, 6) is -5.98. The molecule has 0 radical (unpaired) electrons. The molecule has 0 aromatic heterocycles. The van der Waals surface area contributed by atoms with Gasteiger partial charge in [-0.15, -0.1) is 0 Å². The molecule has 3 atom stereocenters. The van der Waals surface area contributed by atoms with E-state index >= 15 is 0 Å². The number of carboxylic acid groups (broad SMARTS) is 2. The van der Waals surface area contributed by atoms with Crippen molar-refractivity contribution in [2.45, 2.75) is 17.9 Å². The van der Waals surface area contributed by atoms with Crippen molar-refractivity contribution in [3.05, 3.63) is 42.0 Å². The second-order valence-electron chi connectivity index (χ2n) is 6.02. The lowest BCUT2D eigenvalue weighted by atomic mass is 9.97. The van der Waals surface area contributed by atoms with Gasteiger partial charge in [0.1, 0.15) is 5.75 Å². The number of amides is 1. The smallest absolute Gasteiger partial charge is 0.354 e. The van der Waals surface area contributed by atoms with Gasteiger partial charge in [0.15, 0.2) is 17.9 Å². The average molecular weight is 406 g/mol. The molecule has 0 saturated carbocycles. The molecule has 11 nitrogen and oxygen atoms in total. The van der Waals surface area contributed by atoms with Gasteiger partial charge in [0, 0.05) is 12.7 Å². The minimum absolute atomic E-state index is 0.0244. The number of aliphatic carboxylic acids is 2. The quantitative estimate of drug-likeness (QED) is 0.256. The van der Waals surface area contributed by atoms with Gasteiger partial charge in [-0.3, -0.25) is 14.4 Å². The number of nitrogens with zero attached hydrogens (tertiary/aromatic N) is 1. The zero-order valence-corrected chi connectivity index (χ0v) is 15.2. The zero-order valence-electron chi connectivity index (χ0n) is 15.2. The first-order valence-electron chi connectivity index (χ1n) is 8.11. The Morgan fingerprint density at radius 3 is 2.45 bits per heavy atom. The number of benzene rings is 1. The van der Waals surface area contributed by atoms with Crippen molar-refractivity contribution in [1.82, 2.24) is 5.32 Å². The van der Waals surface area contributed by atoms with Crippen molar-refractivity contribution in [2.75, 3.05) is 13.7 Å². The molecule has 2 rings (SSSR count). The lowest BCUT2D eigenvalue weighted by Gasteiger charge is -2.35. The molecule has 0 spiro atoms. The Balaban J connectivity index is 2.39. The number of aromatic hydroxyl groups is 1. The number of aliphatic imine (C=N–C) groups is 1. The Labute approximate surface area is 164 Å². The summed E-state index contributed by atoms with van der Waals surface area (Å²) in [6, 6.07) is 4.85. The number of hydrogen-bond donors (Lipinski definition) is 4. The fourth-order valence-electron chi connectivity index (χ4n) is 2.61. The maximum absolute atomic E-state index is 12.7. The Morgan fingerprint density at radius 2 is 1.97 bits per heavy atom. The molecule has 0 bridgehead atoms. The minimum atomic E-state index is -2.29. The van der Waals surface area contributed by atoms with E-state index in [1.54, 1.807) is 0 Å². The highest BCUT2D eigenvalue weighted by molar-refractivity contribution is 6.42. The number of methoxy groups -OCH3 is 1. The van der Waals surface area contributed by atoms with Crippen molar-refractivity contribution in [2.24, 2.45) is 4.99 Å². The number of hydrogen-bond acceptors (Lipinski definition) is 8. The second-order valence-corrected chi connectivity index (χ2v) is 6.02. The maximum Gasteiger partial charge on any atom is 0.354 e. The lowest BCUT2D eigenvalue weighted by Crippen LogP contribution is -2.62. The number of carbonyl (C=O) groups is 4. The molecule has 4 N–H and O–H groups in total. The topological polar surface area (TPSA) is 172 Å². The highest BCUT2D eigenvalue weighted by atomic mass is 16.6. The molecular weight excluding hydrogens is 388 g/mol. The summed E-state index contributed by atoms with van der Waals surface area (Å²) in [6.45, 7) is 3.19. The predicted molar refractivity (Wildman–Crippen MR) is 96.4 cm³/mol. The number of aldehydes is 1. The van der Waals surface area contributed by atoms with Crippen molar-refractivity contribution in [3.8, 4) is 5.75 Å². The number of carboxylic acids is 2. The van der Waals surface area contributed by atoms with Crippen LogP contribution in [0.15, 0.2) is 41.4 Å². The largest absolute Gasteiger partial charge is 0.508 e.